The summed E-state index contributed by atoms with van der Waals surface area (Å²) in [6, 6.07) is 8.05. The average Bonchev–Trinajstić information content (AvgIpc) is 2.58. The maximum absolute atomic E-state index is 11.8. The summed E-state index contributed by atoms with van der Waals surface area (Å²) in [5, 5.41) is 5.81. The lowest BCUT2D eigenvalue weighted by atomic mass is 10.2. The Hall–Kier alpha value is -1.79. The van der Waals surface area contributed by atoms with E-state index in [9.17, 15) is 4.79 Å². The monoisotopic (exact) mass is 320 g/mol. The van der Waals surface area contributed by atoms with E-state index < -0.39 is 0 Å². The summed E-state index contributed by atoms with van der Waals surface area (Å²) in [6.07, 6.45) is 0.962. The number of hydrogen-bond acceptors (Lipinski definition) is 4. The second-order valence-electron chi connectivity index (χ2n) is 5.98. The molecule has 2 rings (SSSR count). The van der Waals surface area contributed by atoms with E-state index in [4.69, 9.17) is 4.74 Å². The molecule has 6 heteroatoms. The number of ether oxygens (including phenoxy) is 1. The minimum absolute atomic E-state index is 0.109. The van der Waals surface area contributed by atoms with Crippen LogP contribution in [0.3, 0.4) is 0 Å². The van der Waals surface area contributed by atoms with Crippen LogP contribution in [0.1, 0.15) is 12.0 Å². The van der Waals surface area contributed by atoms with Crippen LogP contribution in [-0.4, -0.2) is 64.4 Å². The zero-order valence-electron chi connectivity index (χ0n) is 14.2. The zero-order chi connectivity index (χ0) is 16.5. The van der Waals surface area contributed by atoms with Gasteiger partial charge in [0.05, 0.1) is 13.2 Å². The molecule has 6 nitrogen and oxygen atoms in total. The van der Waals surface area contributed by atoms with Gasteiger partial charge in [0.25, 0.3) is 0 Å². The van der Waals surface area contributed by atoms with E-state index in [1.807, 2.05) is 26.2 Å². The summed E-state index contributed by atoms with van der Waals surface area (Å²) in [5.74, 6) is 0. The summed E-state index contributed by atoms with van der Waals surface area (Å²) in [4.78, 5) is 16.2. The van der Waals surface area contributed by atoms with Crippen LogP contribution < -0.4 is 15.5 Å². The van der Waals surface area contributed by atoms with Gasteiger partial charge >= 0.3 is 6.03 Å². The smallest absolute Gasteiger partial charge is 0.315 e. The van der Waals surface area contributed by atoms with Crippen LogP contribution in [0.4, 0.5) is 10.5 Å². The van der Waals surface area contributed by atoms with Crippen molar-refractivity contribution < 1.29 is 9.53 Å². The molecule has 0 atom stereocenters. The fourth-order valence-corrected chi connectivity index (χ4v) is 2.52. The molecule has 1 aliphatic heterocycles. The Morgan fingerprint density at radius 2 is 2.04 bits per heavy atom. The summed E-state index contributed by atoms with van der Waals surface area (Å²) in [7, 11) is 4.02. The van der Waals surface area contributed by atoms with Crippen molar-refractivity contribution in [1.82, 2.24) is 15.5 Å². The van der Waals surface area contributed by atoms with Crippen molar-refractivity contribution in [3.63, 3.8) is 0 Å². The first-order chi connectivity index (χ1) is 11.1. The Morgan fingerprint density at radius 3 is 2.78 bits per heavy atom. The Kier molecular flexibility index (Phi) is 7.16. The number of nitrogens with one attached hydrogen (secondary N) is 2. The van der Waals surface area contributed by atoms with Gasteiger partial charge in [0, 0.05) is 46.0 Å². The largest absolute Gasteiger partial charge is 0.379 e. The van der Waals surface area contributed by atoms with Gasteiger partial charge in [-0.05, 0) is 30.7 Å². The molecular weight excluding hydrogens is 292 g/mol. The van der Waals surface area contributed by atoms with Crippen LogP contribution in [0, 0.1) is 0 Å². The van der Waals surface area contributed by atoms with E-state index in [1.54, 1.807) is 0 Å². The third-order valence-electron chi connectivity index (χ3n) is 3.92. The fourth-order valence-electron chi connectivity index (χ4n) is 2.52. The van der Waals surface area contributed by atoms with Gasteiger partial charge in [-0.1, -0.05) is 12.1 Å². The Morgan fingerprint density at radius 1 is 1.26 bits per heavy atom. The van der Waals surface area contributed by atoms with Gasteiger partial charge in [0.1, 0.15) is 0 Å². The van der Waals surface area contributed by atoms with Crippen molar-refractivity contribution in [1.29, 1.82) is 0 Å². The molecule has 2 amide bonds. The minimum Gasteiger partial charge on any atom is -0.379 e. The third kappa shape index (κ3) is 6.46. The van der Waals surface area contributed by atoms with E-state index in [2.05, 4.69) is 32.6 Å². The first-order valence-corrected chi connectivity index (χ1v) is 8.23. The molecule has 1 aliphatic rings. The number of hydrogen-bond donors (Lipinski definition) is 2. The number of amides is 2. The van der Waals surface area contributed by atoms with Crippen LogP contribution in [-0.2, 0) is 11.3 Å². The van der Waals surface area contributed by atoms with Gasteiger partial charge in [0.15, 0.2) is 0 Å². The van der Waals surface area contributed by atoms with Gasteiger partial charge < -0.3 is 20.3 Å². The van der Waals surface area contributed by atoms with Crippen molar-refractivity contribution in [2.24, 2.45) is 0 Å². The zero-order valence-corrected chi connectivity index (χ0v) is 14.2. The van der Waals surface area contributed by atoms with Crippen molar-refractivity contribution in [2.45, 2.75) is 13.0 Å². The quantitative estimate of drug-likeness (QED) is 0.743. The number of carbonyl (C=O) groups excluding carboxylic acids is 1. The molecule has 1 heterocycles. The summed E-state index contributed by atoms with van der Waals surface area (Å²) in [5.41, 5.74) is 2.23. The number of morpholine rings is 1. The number of rotatable bonds is 7. The molecule has 1 fully saturated rings. The van der Waals surface area contributed by atoms with Gasteiger partial charge in [-0.25, -0.2) is 4.79 Å². The lowest BCUT2D eigenvalue weighted by Gasteiger charge is -2.26. The molecule has 0 unspecified atom stereocenters. The second kappa shape index (κ2) is 9.37. The minimum atomic E-state index is -0.109. The van der Waals surface area contributed by atoms with E-state index in [1.165, 1.54) is 0 Å². The molecule has 0 saturated carbocycles. The van der Waals surface area contributed by atoms with E-state index in [-0.39, 0.29) is 6.03 Å². The summed E-state index contributed by atoms with van der Waals surface area (Å²) in [6.45, 7) is 5.87. The molecule has 128 valence electrons. The van der Waals surface area contributed by atoms with Gasteiger partial charge in [-0.15, -0.1) is 0 Å². The molecule has 0 radical (unpaired) electrons. The summed E-state index contributed by atoms with van der Waals surface area (Å²) >= 11 is 0. The number of benzene rings is 1. The molecular formula is C17H28N4O2. The number of carbonyl (C=O) groups is 1. The van der Waals surface area contributed by atoms with E-state index >= 15 is 0 Å². The maximum atomic E-state index is 11.8. The summed E-state index contributed by atoms with van der Waals surface area (Å²) < 4.78 is 5.32. The highest BCUT2D eigenvalue weighted by Gasteiger charge is 2.09. The molecule has 23 heavy (non-hydrogen) atoms. The van der Waals surface area contributed by atoms with Crippen LogP contribution >= 0.6 is 0 Å². The Labute approximate surface area is 138 Å². The van der Waals surface area contributed by atoms with Crippen molar-refractivity contribution in [3.8, 4) is 0 Å². The maximum Gasteiger partial charge on any atom is 0.315 e. The molecule has 0 aliphatic carbocycles. The molecule has 0 bridgehead atoms. The normalized spacial score (nSPS) is 15.2. The highest BCUT2D eigenvalue weighted by molar-refractivity contribution is 5.73. The molecule has 0 aromatic heterocycles. The third-order valence-corrected chi connectivity index (χ3v) is 3.92. The fraction of sp³-hybridized carbons (Fsp3) is 0.588. The number of anilines is 1. The first-order valence-electron chi connectivity index (χ1n) is 8.23. The number of nitrogens with zero attached hydrogens (tertiary/aromatic N) is 2. The Bertz CT molecular complexity index is 487. The van der Waals surface area contributed by atoms with Gasteiger partial charge in [0.2, 0.25) is 0 Å². The van der Waals surface area contributed by atoms with Crippen LogP contribution in [0.5, 0.6) is 0 Å². The van der Waals surface area contributed by atoms with Crippen molar-refractivity contribution >= 4 is 11.7 Å². The predicted molar refractivity (Wildman–Crippen MR) is 92.9 cm³/mol. The molecule has 1 aromatic carbocycles. The van der Waals surface area contributed by atoms with Crippen LogP contribution in [0.15, 0.2) is 24.3 Å². The average molecular weight is 320 g/mol. The van der Waals surface area contributed by atoms with Crippen LogP contribution in [0.2, 0.25) is 0 Å². The highest BCUT2D eigenvalue weighted by Crippen LogP contribution is 2.12. The van der Waals surface area contributed by atoms with E-state index in [0.29, 0.717) is 13.1 Å². The molecule has 1 aromatic rings. The second-order valence-corrected chi connectivity index (χ2v) is 5.98. The lowest BCUT2D eigenvalue weighted by molar-refractivity contribution is 0.0375. The van der Waals surface area contributed by atoms with Crippen molar-refractivity contribution in [3.05, 3.63) is 29.8 Å². The molecule has 1 saturated heterocycles. The first kappa shape index (κ1) is 17.6. The SMILES string of the molecule is CN(C)c1cccc(CNC(=O)NCCCN2CCOCC2)c1. The van der Waals surface area contributed by atoms with Gasteiger partial charge in [-0.3, -0.25) is 4.90 Å². The van der Waals surface area contributed by atoms with E-state index in [0.717, 1.165) is 50.5 Å². The van der Waals surface area contributed by atoms with Crippen LogP contribution in [0.25, 0.3) is 0 Å². The standard InChI is InChI=1S/C17H28N4O2/c1-20(2)16-6-3-5-15(13-16)14-19-17(22)18-7-4-8-21-9-11-23-12-10-21/h3,5-6,13H,4,7-12,14H2,1-2H3,(H2,18,19,22). The van der Waals surface area contributed by atoms with Crippen molar-refractivity contribution in [2.75, 3.05) is 58.4 Å². The Balaban J connectivity index is 1.60. The predicted octanol–water partition coefficient (Wildman–Crippen LogP) is 1.27. The molecule has 0 spiro atoms. The van der Waals surface area contributed by atoms with Gasteiger partial charge in [-0.2, -0.15) is 0 Å². The topological polar surface area (TPSA) is 56.8 Å². The lowest BCUT2D eigenvalue weighted by Crippen LogP contribution is -2.39. The number of urea groups is 1. The highest BCUT2D eigenvalue weighted by atomic mass is 16.5. The molecule has 2 N–H and O–H groups in total.